The Balaban J connectivity index is 2.85. The molecule has 1 heterocycles. The van der Waals surface area contributed by atoms with Crippen LogP contribution in [0.3, 0.4) is 0 Å². The van der Waals surface area contributed by atoms with E-state index in [1.165, 1.54) is 0 Å². The maximum absolute atomic E-state index is 8.58. The van der Waals surface area contributed by atoms with Gasteiger partial charge in [0, 0.05) is 18.3 Å². The minimum Gasteiger partial charge on any atom is -0.475 e. The zero-order chi connectivity index (χ0) is 9.68. The Labute approximate surface area is 77.4 Å². The Bertz CT molecular complexity index is 276. The van der Waals surface area contributed by atoms with Crippen LogP contribution in [0.25, 0.3) is 0 Å². The average molecular weight is 182 g/mol. The van der Waals surface area contributed by atoms with Crippen LogP contribution in [0.15, 0.2) is 12.3 Å². The molecular formula is C9H14N2O2. The van der Waals surface area contributed by atoms with Gasteiger partial charge in [-0.15, -0.1) is 0 Å². The predicted octanol–water partition coefficient (Wildman–Crippen LogP) is 0.220. The van der Waals surface area contributed by atoms with Crippen molar-refractivity contribution in [2.75, 3.05) is 13.2 Å². The third-order valence-corrected chi connectivity index (χ3v) is 1.78. The number of rotatable bonds is 4. The smallest absolute Gasteiger partial charge is 0.218 e. The first-order valence-electron chi connectivity index (χ1n) is 4.17. The third-order valence-electron chi connectivity index (χ3n) is 1.78. The van der Waals surface area contributed by atoms with Gasteiger partial charge >= 0.3 is 0 Å². The molecule has 13 heavy (non-hydrogen) atoms. The molecule has 0 bridgehead atoms. The molecule has 0 amide bonds. The highest BCUT2D eigenvalue weighted by Gasteiger charge is 2.05. The van der Waals surface area contributed by atoms with Crippen LogP contribution in [0.4, 0.5) is 0 Å². The van der Waals surface area contributed by atoms with E-state index >= 15 is 0 Å². The van der Waals surface area contributed by atoms with Gasteiger partial charge in [-0.05, 0) is 18.6 Å². The van der Waals surface area contributed by atoms with Crippen LogP contribution < -0.4 is 10.5 Å². The van der Waals surface area contributed by atoms with Crippen molar-refractivity contribution in [2.24, 2.45) is 5.73 Å². The monoisotopic (exact) mass is 182 g/mol. The van der Waals surface area contributed by atoms with Crippen molar-refractivity contribution >= 4 is 0 Å². The predicted molar refractivity (Wildman–Crippen MR) is 49.4 cm³/mol. The summed E-state index contributed by atoms with van der Waals surface area (Å²) in [6, 6.07) is 1.88. The second-order valence-corrected chi connectivity index (χ2v) is 2.69. The number of ether oxygens (including phenoxy) is 1. The summed E-state index contributed by atoms with van der Waals surface area (Å²) < 4.78 is 5.22. The summed E-state index contributed by atoms with van der Waals surface area (Å²) in [4.78, 5) is 4.03. The van der Waals surface area contributed by atoms with Gasteiger partial charge in [0.1, 0.15) is 6.61 Å². The van der Waals surface area contributed by atoms with Gasteiger partial charge in [0.25, 0.3) is 0 Å². The van der Waals surface area contributed by atoms with Gasteiger partial charge in [0.05, 0.1) is 6.61 Å². The van der Waals surface area contributed by atoms with E-state index in [1.54, 1.807) is 6.20 Å². The number of hydrogen-bond donors (Lipinski definition) is 2. The summed E-state index contributed by atoms with van der Waals surface area (Å²) in [6.45, 7) is 2.60. The van der Waals surface area contributed by atoms with Gasteiger partial charge in [-0.25, -0.2) is 4.98 Å². The zero-order valence-electron chi connectivity index (χ0n) is 7.66. The summed E-state index contributed by atoms with van der Waals surface area (Å²) >= 11 is 0. The molecule has 0 aliphatic rings. The number of aliphatic hydroxyl groups excluding tert-OH is 1. The highest BCUT2D eigenvalue weighted by molar-refractivity contribution is 5.33. The number of aryl methyl sites for hydroxylation is 1. The molecule has 72 valence electrons. The minimum atomic E-state index is -0.0143. The molecule has 1 aromatic heterocycles. The fourth-order valence-corrected chi connectivity index (χ4v) is 1.08. The first kappa shape index (κ1) is 9.95. The number of aliphatic hydroxyl groups is 1. The van der Waals surface area contributed by atoms with Gasteiger partial charge in [0.15, 0.2) is 0 Å². The first-order valence-corrected chi connectivity index (χ1v) is 4.17. The standard InChI is InChI=1S/C9H14N2O2/c1-7-2-3-11-9(8(7)6-10)13-5-4-12/h2-3,12H,4-6,10H2,1H3. The van der Waals surface area contributed by atoms with Crippen molar-refractivity contribution in [1.29, 1.82) is 0 Å². The van der Waals surface area contributed by atoms with Crippen molar-refractivity contribution in [3.63, 3.8) is 0 Å². The summed E-state index contributed by atoms with van der Waals surface area (Å²) in [5.41, 5.74) is 7.50. The molecule has 0 saturated carbocycles. The van der Waals surface area contributed by atoms with Gasteiger partial charge in [-0.3, -0.25) is 0 Å². The molecule has 0 spiro atoms. The maximum Gasteiger partial charge on any atom is 0.218 e. The summed E-state index contributed by atoms with van der Waals surface area (Å²) in [5.74, 6) is 0.525. The minimum absolute atomic E-state index is 0.0143. The number of nitrogens with two attached hydrogens (primary N) is 1. The quantitative estimate of drug-likeness (QED) is 0.699. The van der Waals surface area contributed by atoms with Gasteiger partial charge in [-0.2, -0.15) is 0 Å². The number of aromatic nitrogens is 1. The van der Waals surface area contributed by atoms with E-state index in [1.807, 2.05) is 13.0 Å². The van der Waals surface area contributed by atoms with Crippen LogP contribution in [0.1, 0.15) is 11.1 Å². The average Bonchev–Trinajstić information content (AvgIpc) is 2.15. The van der Waals surface area contributed by atoms with E-state index in [-0.39, 0.29) is 13.2 Å². The van der Waals surface area contributed by atoms with E-state index in [9.17, 15) is 0 Å². The number of pyridine rings is 1. The topological polar surface area (TPSA) is 68.4 Å². The van der Waals surface area contributed by atoms with Gasteiger partial charge < -0.3 is 15.6 Å². The molecular weight excluding hydrogens is 168 g/mol. The number of nitrogens with zero attached hydrogens (tertiary/aromatic N) is 1. The molecule has 1 rings (SSSR count). The molecule has 0 aliphatic carbocycles. The van der Waals surface area contributed by atoms with E-state index < -0.39 is 0 Å². The second-order valence-electron chi connectivity index (χ2n) is 2.69. The lowest BCUT2D eigenvalue weighted by Crippen LogP contribution is -2.09. The molecule has 0 radical (unpaired) electrons. The van der Waals surface area contributed by atoms with Crippen LogP contribution in [0.2, 0.25) is 0 Å². The fraction of sp³-hybridized carbons (Fsp3) is 0.444. The zero-order valence-corrected chi connectivity index (χ0v) is 7.66. The van der Waals surface area contributed by atoms with Crippen LogP contribution in [-0.4, -0.2) is 23.3 Å². The molecule has 3 N–H and O–H groups in total. The normalized spacial score (nSPS) is 10.1. The Morgan fingerprint density at radius 3 is 3.00 bits per heavy atom. The lowest BCUT2D eigenvalue weighted by atomic mass is 10.1. The maximum atomic E-state index is 8.58. The van der Waals surface area contributed by atoms with Crippen LogP contribution in [0, 0.1) is 6.92 Å². The Morgan fingerprint density at radius 2 is 2.38 bits per heavy atom. The van der Waals surface area contributed by atoms with Crippen LogP contribution in [0.5, 0.6) is 5.88 Å². The highest BCUT2D eigenvalue weighted by atomic mass is 16.5. The molecule has 0 fully saturated rings. The largest absolute Gasteiger partial charge is 0.475 e. The molecule has 0 saturated heterocycles. The summed E-state index contributed by atoms with van der Waals surface area (Å²) in [5, 5.41) is 8.58. The third kappa shape index (κ3) is 2.40. The van der Waals surface area contributed by atoms with Crippen LogP contribution in [-0.2, 0) is 6.54 Å². The molecule has 0 aromatic carbocycles. The van der Waals surface area contributed by atoms with E-state index in [4.69, 9.17) is 15.6 Å². The summed E-state index contributed by atoms with van der Waals surface area (Å²) in [7, 11) is 0. The van der Waals surface area contributed by atoms with Gasteiger partial charge in [-0.1, -0.05) is 0 Å². The van der Waals surface area contributed by atoms with Crippen molar-refractivity contribution in [3.8, 4) is 5.88 Å². The second kappa shape index (κ2) is 4.79. The van der Waals surface area contributed by atoms with Crippen LogP contribution >= 0.6 is 0 Å². The Morgan fingerprint density at radius 1 is 1.62 bits per heavy atom. The molecule has 4 nitrogen and oxygen atoms in total. The van der Waals surface area contributed by atoms with E-state index in [2.05, 4.69) is 4.98 Å². The molecule has 0 unspecified atom stereocenters. The Hall–Kier alpha value is -1.13. The van der Waals surface area contributed by atoms with E-state index in [0.717, 1.165) is 11.1 Å². The first-order chi connectivity index (χ1) is 6.29. The molecule has 1 aromatic rings. The molecule has 0 atom stereocenters. The van der Waals surface area contributed by atoms with Crippen molar-refractivity contribution in [1.82, 2.24) is 4.98 Å². The SMILES string of the molecule is Cc1ccnc(OCCO)c1CN. The van der Waals surface area contributed by atoms with Gasteiger partial charge in [0.2, 0.25) is 5.88 Å². The Kier molecular flexibility index (Phi) is 3.67. The lowest BCUT2D eigenvalue weighted by Gasteiger charge is -2.09. The van der Waals surface area contributed by atoms with Crippen molar-refractivity contribution in [3.05, 3.63) is 23.4 Å². The molecule has 4 heteroatoms. The van der Waals surface area contributed by atoms with Crippen molar-refractivity contribution < 1.29 is 9.84 Å². The highest BCUT2D eigenvalue weighted by Crippen LogP contribution is 2.17. The molecule has 0 aliphatic heterocycles. The van der Waals surface area contributed by atoms with Crippen molar-refractivity contribution in [2.45, 2.75) is 13.5 Å². The fourth-order valence-electron chi connectivity index (χ4n) is 1.08. The lowest BCUT2D eigenvalue weighted by molar-refractivity contribution is 0.195. The summed E-state index contributed by atoms with van der Waals surface area (Å²) in [6.07, 6.45) is 1.67. The van der Waals surface area contributed by atoms with E-state index in [0.29, 0.717) is 12.4 Å². The number of hydrogen-bond acceptors (Lipinski definition) is 4.